The van der Waals surface area contributed by atoms with E-state index in [1.165, 1.54) is 27.8 Å². The normalized spacial score (nSPS) is 23.4. The van der Waals surface area contributed by atoms with Gasteiger partial charge in [0.2, 0.25) is 59.1 Å². The Kier molecular flexibility index (Phi) is 42.0. The summed E-state index contributed by atoms with van der Waals surface area (Å²) < 4.78 is 0. The standard InChI is InChI=1S/C87H122N14O18S2/c1-49-22-28-57(29-23-49)37-61-42-75(108)67(38-58-30-24-50(2)25-31-58)96-84(116)70(36-52(4)103)98-83(115)66(21-15-17-35-89-10)94-86(118)73(93-77(110)45-92-79(111)53(5)90-11)48-121-120-47-72(55(7)105)100-85(117)71(46-102)99-82(114)64(54(6)104)43-76(109)68(39-59-32-26-51(3)27-33-59)97-87(119)78(56(8)106)101-80(112)60(18-14-16-34-88-9)41-74(107)69(95-81(61)113)40-62-44-91-65-20-13-12-19-63(62)65/h12-13,19-20,22-33,44,53-54,56,60-61,64,66-73,78,88-91,102,104,106H,14-18,21,34-43,45-48H2,1-11H3,(H,92,111)(H,93,110)(H,94,118)(H,95,113)(H,96,116)(H,97,119)(H,98,115)(H,99,114)(H,100,117)(H,101,112). The second-order valence-corrected chi connectivity index (χ2v) is 33.9. The van der Waals surface area contributed by atoms with Gasteiger partial charge in [0.25, 0.3) is 0 Å². The lowest BCUT2D eigenvalue weighted by molar-refractivity contribution is -0.138. The smallest absolute Gasteiger partial charge is 0.245 e. The maximum absolute atomic E-state index is 15.7. The van der Waals surface area contributed by atoms with Crippen molar-refractivity contribution >= 4 is 120 Å². The molecule has 1 saturated heterocycles. The number of aliphatic hydroxyl groups is 3. The van der Waals surface area contributed by atoms with Gasteiger partial charge in [-0.05, 0) is 169 Å². The van der Waals surface area contributed by atoms with Crippen LogP contribution in [0.25, 0.3) is 10.9 Å². The number of carbonyl (C=O) groups excluding carboxylic acids is 15. The van der Waals surface area contributed by atoms with Crippen LogP contribution in [0.4, 0.5) is 0 Å². The summed E-state index contributed by atoms with van der Waals surface area (Å²) in [4.78, 5) is 222. The Morgan fingerprint density at radius 2 is 0.967 bits per heavy atom. The van der Waals surface area contributed by atoms with Gasteiger partial charge in [-0.3, -0.25) is 71.9 Å². The van der Waals surface area contributed by atoms with Gasteiger partial charge in [0.15, 0.2) is 23.1 Å². The fourth-order valence-electron chi connectivity index (χ4n) is 13.7. The molecule has 17 N–H and O–H groups in total. The highest BCUT2D eigenvalue weighted by Crippen LogP contribution is 2.27. The number of H-pyrrole nitrogens is 1. The van der Waals surface area contributed by atoms with Crippen LogP contribution in [0.1, 0.15) is 138 Å². The molecule has 4 aromatic carbocycles. The fraction of sp³-hybridized carbons (Fsp3) is 0.529. The van der Waals surface area contributed by atoms with E-state index in [4.69, 9.17) is 0 Å². The van der Waals surface area contributed by atoms with E-state index in [-0.39, 0.29) is 50.0 Å². The number of aryl methyl sites for hydroxylation is 3. The van der Waals surface area contributed by atoms with Crippen molar-refractivity contribution in [3.63, 3.8) is 0 Å². The van der Waals surface area contributed by atoms with Crippen LogP contribution in [-0.4, -0.2) is 240 Å². The summed E-state index contributed by atoms with van der Waals surface area (Å²) in [6.45, 7) is 11.2. The Hall–Kier alpha value is -10.1. The minimum atomic E-state index is -1.81. The Bertz CT molecular complexity index is 4340. The number of benzene rings is 4. The third-order valence-corrected chi connectivity index (χ3v) is 23.6. The van der Waals surface area contributed by atoms with Gasteiger partial charge < -0.3 is 89.4 Å². The molecule has 6 rings (SSSR count). The van der Waals surface area contributed by atoms with Gasteiger partial charge in [0.1, 0.15) is 36.0 Å². The molecule has 0 bridgehead atoms. The number of aromatic nitrogens is 1. The zero-order valence-electron chi connectivity index (χ0n) is 70.9. The van der Waals surface area contributed by atoms with Crippen molar-refractivity contribution in [2.45, 2.75) is 218 Å². The summed E-state index contributed by atoms with van der Waals surface area (Å²) in [7, 11) is 6.85. The molecule has 660 valence electrons. The quantitative estimate of drug-likeness (QED) is 0.0239. The summed E-state index contributed by atoms with van der Waals surface area (Å²) in [5.41, 5.74) is 5.58. The van der Waals surface area contributed by atoms with Crippen LogP contribution in [0.15, 0.2) is 103 Å². The molecule has 15 atom stereocenters. The van der Waals surface area contributed by atoms with Crippen molar-refractivity contribution in [2.75, 3.05) is 58.9 Å². The number of likely N-dealkylation sites (N-methyl/N-ethyl adjacent to an activating group) is 1. The van der Waals surface area contributed by atoms with Gasteiger partial charge in [-0.15, -0.1) is 0 Å². The predicted molar refractivity (Wildman–Crippen MR) is 462 cm³/mol. The molecule has 1 aliphatic rings. The van der Waals surface area contributed by atoms with E-state index in [2.05, 4.69) is 74.1 Å². The molecule has 0 radical (unpaired) electrons. The van der Waals surface area contributed by atoms with E-state index in [9.17, 15) is 63.3 Å². The monoisotopic (exact) mass is 1710 g/mol. The first-order chi connectivity index (χ1) is 57.6. The predicted octanol–water partition coefficient (Wildman–Crippen LogP) is 1.67. The van der Waals surface area contributed by atoms with Gasteiger partial charge in [0.05, 0.1) is 61.5 Å². The lowest BCUT2D eigenvalue weighted by Gasteiger charge is -2.28. The van der Waals surface area contributed by atoms with E-state index in [1.807, 2.05) is 51.1 Å². The third-order valence-electron chi connectivity index (χ3n) is 21.2. The van der Waals surface area contributed by atoms with Crippen LogP contribution in [0.5, 0.6) is 0 Å². The van der Waals surface area contributed by atoms with Crippen molar-refractivity contribution in [1.82, 2.24) is 74.1 Å². The molecule has 1 aromatic heterocycles. The van der Waals surface area contributed by atoms with Crippen molar-refractivity contribution in [3.05, 3.63) is 142 Å². The number of para-hydroxylation sites is 1. The molecule has 2 heterocycles. The van der Waals surface area contributed by atoms with Crippen LogP contribution in [0.3, 0.4) is 0 Å². The molecular weight excluding hydrogens is 1590 g/mol. The number of carbonyl (C=O) groups is 15. The second-order valence-electron chi connectivity index (χ2n) is 31.4. The number of hydrogen-bond acceptors (Lipinski definition) is 23. The highest BCUT2D eigenvalue weighted by molar-refractivity contribution is 8.76. The number of aromatic amines is 1. The summed E-state index contributed by atoms with van der Waals surface area (Å²) in [6.07, 6.45) is -3.18. The van der Waals surface area contributed by atoms with Gasteiger partial charge in [0, 0.05) is 72.5 Å². The number of rotatable bonds is 29. The molecule has 32 nitrogen and oxygen atoms in total. The Labute approximate surface area is 714 Å². The zero-order chi connectivity index (χ0) is 89.0. The van der Waals surface area contributed by atoms with E-state index in [0.717, 1.165) is 45.2 Å². The lowest BCUT2D eigenvalue weighted by Crippen LogP contribution is -2.59. The number of amides is 10. The van der Waals surface area contributed by atoms with Crippen molar-refractivity contribution < 1.29 is 87.2 Å². The van der Waals surface area contributed by atoms with Crippen LogP contribution in [0.2, 0.25) is 0 Å². The first kappa shape index (κ1) is 99.7. The van der Waals surface area contributed by atoms with E-state index in [0.29, 0.717) is 71.9 Å². The molecule has 121 heavy (non-hydrogen) atoms. The molecule has 0 saturated carbocycles. The highest BCUT2D eigenvalue weighted by Gasteiger charge is 2.40. The average Bonchev–Trinajstić information content (AvgIpc) is 1.71. The fourth-order valence-corrected chi connectivity index (χ4v) is 16.1. The molecule has 34 heteroatoms. The molecule has 5 aromatic rings. The first-order valence-corrected chi connectivity index (χ1v) is 43.6. The molecule has 0 spiro atoms. The number of fused-ring (bicyclic) bond motifs is 1. The van der Waals surface area contributed by atoms with Gasteiger partial charge in [-0.1, -0.05) is 136 Å². The van der Waals surface area contributed by atoms with E-state index in [1.54, 1.807) is 93.9 Å². The van der Waals surface area contributed by atoms with Crippen molar-refractivity contribution in [1.29, 1.82) is 0 Å². The number of Topliss-reactive ketones (excluding diaryl/α,β-unsaturated/α-hetero) is 5. The zero-order valence-corrected chi connectivity index (χ0v) is 72.5. The summed E-state index contributed by atoms with van der Waals surface area (Å²) in [5, 5.41) is 69.3. The molecule has 1 aliphatic heterocycles. The largest absolute Gasteiger partial charge is 0.394 e. The van der Waals surface area contributed by atoms with Crippen LogP contribution >= 0.6 is 21.6 Å². The van der Waals surface area contributed by atoms with Gasteiger partial charge in [-0.25, -0.2) is 0 Å². The maximum Gasteiger partial charge on any atom is 0.245 e. The minimum Gasteiger partial charge on any atom is -0.394 e. The van der Waals surface area contributed by atoms with Crippen molar-refractivity contribution in [2.24, 2.45) is 17.8 Å². The van der Waals surface area contributed by atoms with Crippen LogP contribution < -0.4 is 69.1 Å². The van der Waals surface area contributed by atoms with Crippen LogP contribution in [0, 0.1) is 38.5 Å². The average molecular weight is 1720 g/mol. The maximum atomic E-state index is 15.7. The topological polar surface area (TPSA) is 489 Å². The minimum absolute atomic E-state index is 0.0408. The summed E-state index contributed by atoms with van der Waals surface area (Å²) >= 11 is 0. The van der Waals surface area contributed by atoms with Gasteiger partial charge >= 0.3 is 0 Å². The number of nitrogens with one attached hydrogen (secondary N) is 14. The summed E-state index contributed by atoms with van der Waals surface area (Å²) in [6, 6.07) is 13.7. The molecular formula is C87H122N14O18S2. The number of hydrogen-bond donors (Lipinski definition) is 17. The first-order valence-electron chi connectivity index (χ1n) is 41.1. The highest BCUT2D eigenvalue weighted by atomic mass is 33.1. The Morgan fingerprint density at radius 1 is 0.488 bits per heavy atom. The Morgan fingerprint density at radius 3 is 1.51 bits per heavy atom. The Balaban J connectivity index is 1.50. The number of aliphatic hydroxyl groups excluding tert-OH is 3. The molecule has 0 aliphatic carbocycles. The van der Waals surface area contributed by atoms with E-state index >= 15 is 24.0 Å². The number of unbranched alkanes of at least 4 members (excludes halogenated alkanes) is 2. The molecule has 1 fully saturated rings. The van der Waals surface area contributed by atoms with Gasteiger partial charge in [-0.2, -0.15) is 0 Å². The molecule has 15 unspecified atom stereocenters. The second kappa shape index (κ2) is 51.0. The third kappa shape index (κ3) is 33.4. The summed E-state index contributed by atoms with van der Waals surface area (Å²) in [5.74, 6) is -17.2. The van der Waals surface area contributed by atoms with Crippen LogP contribution in [-0.2, 0) is 97.6 Å². The number of ketones is 5. The SMILES string of the molecule is CNCCCCC1CC(=O)C(Cc2c[nH]c3ccccc23)NC(=O)C(Cc2ccc(C)cc2)CC(=O)C(Cc2ccc(C)cc2)NC(=O)C(CC(C)=O)NC(=O)C(CCCCNC)NC(=O)C(NC(=O)CNC(=O)C(C)NC)CSSCC(C(C)=O)NC(=O)C(CO)NC(=O)C(C(C)O)CC(=O)C(Cc2ccc(C)cc2)NC(=O)C(C(C)O)NC1=O. The molecule has 10 amide bonds. The van der Waals surface area contributed by atoms with E-state index < -0.39 is 217 Å². The lowest BCUT2D eigenvalue weighted by atomic mass is 9.87. The van der Waals surface area contributed by atoms with Crippen molar-refractivity contribution in [3.8, 4) is 0 Å².